The van der Waals surface area contributed by atoms with Crippen LogP contribution in [-0.4, -0.2) is 40.5 Å². The number of aryl methyl sites for hydroxylation is 1. The number of hydrogen-bond donors (Lipinski definition) is 1. The standard InChI is InChI=1S/C15H20N2O4/c1-11-9-13(4-5-14(11)17(20)21)15(19)16-7-2-3-12(10-16)6-8-18/h4-5,9,12,18H,2-3,6-8,10H2,1H3. The van der Waals surface area contributed by atoms with E-state index in [4.69, 9.17) is 5.11 Å². The fourth-order valence-electron chi connectivity index (χ4n) is 2.84. The Labute approximate surface area is 123 Å². The van der Waals surface area contributed by atoms with Gasteiger partial charge in [0.2, 0.25) is 0 Å². The zero-order valence-corrected chi connectivity index (χ0v) is 12.1. The van der Waals surface area contributed by atoms with Gasteiger partial charge in [-0.05, 0) is 44.2 Å². The second-order valence-electron chi connectivity index (χ2n) is 5.53. The third-order valence-electron chi connectivity index (χ3n) is 3.98. The van der Waals surface area contributed by atoms with Crippen molar-refractivity contribution in [1.82, 2.24) is 4.90 Å². The predicted molar refractivity (Wildman–Crippen MR) is 78.2 cm³/mol. The highest BCUT2D eigenvalue weighted by molar-refractivity contribution is 5.94. The second kappa shape index (κ2) is 6.67. The molecule has 1 fully saturated rings. The minimum atomic E-state index is -0.443. The highest BCUT2D eigenvalue weighted by Crippen LogP contribution is 2.23. The summed E-state index contributed by atoms with van der Waals surface area (Å²) in [6, 6.07) is 4.48. The molecule has 114 valence electrons. The number of carbonyl (C=O) groups is 1. The molecule has 6 heteroatoms. The maximum Gasteiger partial charge on any atom is 0.272 e. The van der Waals surface area contributed by atoms with E-state index in [1.807, 2.05) is 0 Å². The molecule has 1 saturated heterocycles. The Bertz CT molecular complexity index is 542. The van der Waals surface area contributed by atoms with Crippen molar-refractivity contribution < 1.29 is 14.8 Å². The van der Waals surface area contributed by atoms with E-state index in [0.29, 0.717) is 36.6 Å². The average molecular weight is 292 g/mol. The molecule has 1 atom stereocenters. The first kappa shape index (κ1) is 15.4. The molecule has 2 rings (SSSR count). The fraction of sp³-hybridized carbons (Fsp3) is 0.533. The number of aliphatic hydroxyl groups excluding tert-OH is 1. The highest BCUT2D eigenvalue weighted by atomic mass is 16.6. The van der Waals surface area contributed by atoms with Crippen molar-refractivity contribution in [3.63, 3.8) is 0 Å². The highest BCUT2D eigenvalue weighted by Gasteiger charge is 2.25. The molecule has 6 nitrogen and oxygen atoms in total. The lowest BCUT2D eigenvalue weighted by atomic mass is 9.94. The van der Waals surface area contributed by atoms with Gasteiger partial charge in [-0.1, -0.05) is 0 Å². The first-order chi connectivity index (χ1) is 10.0. The van der Waals surface area contributed by atoms with Crippen molar-refractivity contribution in [1.29, 1.82) is 0 Å². The molecule has 1 aromatic carbocycles. The van der Waals surface area contributed by atoms with E-state index in [9.17, 15) is 14.9 Å². The van der Waals surface area contributed by atoms with Crippen LogP contribution in [0, 0.1) is 23.0 Å². The van der Waals surface area contributed by atoms with Crippen LogP contribution in [0.2, 0.25) is 0 Å². The molecular formula is C15H20N2O4. The Morgan fingerprint density at radius 1 is 1.52 bits per heavy atom. The molecule has 1 aliphatic rings. The van der Waals surface area contributed by atoms with Gasteiger partial charge >= 0.3 is 0 Å². The lowest BCUT2D eigenvalue weighted by Gasteiger charge is -2.32. The molecular weight excluding hydrogens is 272 g/mol. The third kappa shape index (κ3) is 3.58. The fourth-order valence-corrected chi connectivity index (χ4v) is 2.84. The summed E-state index contributed by atoms with van der Waals surface area (Å²) in [6.07, 6.45) is 2.68. The average Bonchev–Trinajstić information content (AvgIpc) is 2.46. The lowest BCUT2D eigenvalue weighted by Crippen LogP contribution is -2.40. The largest absolute Gasteiger partial charge is 0.396 e. The van der Waals surface area contributed by atoms with Crippen molar-refractivity contribution in [3.8, 4) is 0 Å². The van der Waals surface area contributed by atoms with Gasteiger partial charge in [0.1, 0.15) is 0 Å². The zero-order chi connectivity index (χ0) is 15.4. The summed E-state index contributed by atoms with van der Waals surface area (Å²) >= 11 is 0. The normalized spacial score (nSPS) is 18.6. The Kier molecular flexibility index (Phi) is 4.90. The molecule has 1 aliphatic heterocycles. The third-order valence-corrected chi connectivity index (χ3v) is 3.98. The molecule has 0 bridgehead atoms. The van der Waals surface area contributed by atoms with Gasteiger partial charge in [-0.25, -0.2) is 0 Å². The van der Waals surface area contributed by atoms with Crippen LogP contribution in [0.3, 0.4) is 0 Å². The number of rotatable bonds is 4. The van der Waals surface area contributed by atoms with Crippen LogP contribution < -0.4 is 0 Å². The Balaban J connectivity index is 2.12. The van der Waals surface area contributed by atoms with Gasteiger partial charge in [0.25, 0.3) is 11.6 Å². The summed E-state index contributed by atoms with van der Waals surface area (Å²) < 4.78 is 0. The number of hydrogen-bond acceptors (Lipinski definition) is 4. The number of piperidine rings is 1. The van der Waals surface area contributed by atoms with E-state index in [1.165, 1.54) is 12.1 Å². The lowest BCUT2D eigenvalue weighted by molar-refractivity contribution is -0.385. The smallest absolute Gasteiger partial charge is 0.272 e. The predicted octanol–water partition coefficient (Wildman–Crippen LogP) is 2.14. The van der Waals surface area contributed by atoms with E-state index >= 15 is 0 Å². The number of amides is 1. The van der Waals surface area contributed by atoms with Gasteiger partial charge in [0, 0.05) is 36.9 Å². The van der Waals surface area contributed by atoms with E-state index in [-0.39, 0.29) is 18.2 Å². The van der Waals surface area contributed by atoms with E-state index < -0.39 is 4.92 Å². The molecule has 1 N–H and O–H groups in total. The Morgan fingerprint density at radius 3 is 2.90 bits per heavy atom. The monoisotopic (exact) mass is 292 g/mol. The van der Waals surface area contributed by atoms with Gasteiger partial charge < -0.3 is 10.0 Å². The minimum Gasteiger partial charge on any atom is -0.396 e. The number of nitrogens with zero attached hydrogens (tertiary/aromatic N) is 2. The first-order valence-corrected chi connectivity index (χ1v) is 7.18. The molecule has 0 spiro atoms. The van der Waals surface area contributed by atoms with Crippen molar-refractivity contribution >= 4 is 11.6 Å². The maximum absolute atomic E-state index is 12.5. The Hall–Kier alpha value is -1.95. The van der Waals surface area contributed by atoms with Crippen molar-refractivity contribution in [3.05, 3.63) is 39.4 Å². The van der Waals surface area contributed by atoms with E-state index in [1.54, 1.807) is 17.9 Å². The van der Waals surface area contributed by atoms with Gasteiger partial charge in [0.05, 0.1) is 4.92 Å². The topological polar surface area (TPSA) is 83.7 Å². The molecule has 0 aromatic heterocycles. The molecule has 0 radical (unpaired) electrons. The summed E-state index contributed by atoms with van der Waals surface area (Å²) in [5.41, 5.74) is 1.01. The summed E-state index contributed by atoms with van der Waals surface area (Å²) in [6.45, 7) is 3.13. The minimum absolute atomic E-state index is 0.0309. The van der Waals surface area contributed by atoms with Crippen LogP contribution in [0.25, 0.3) is 0 Å². The van der Waals surface area contributed by atoms with Gasteiger partial charge in [-0.2, -0.15) is 0 Å². The number of nitro benzene ring substituents is 1. The number of carbonyl (C=O) groups excluding carboxylic acids is 1. The van der Waals surface area contributed by atoms with Crippen LogP contribution in [0.1, 0.15) is 35.2 Å². The summed E-state index contributed by atoms with van der Waals surface area (Å²) in [5.74, 6) is 0.252. The molecule has 1 aromatic rings. The molecule has 21 heavy (non-hydrogen) atoms. The van der Waals surface area contributed by atoms with Crippen LogP contribution in [0.5, 0.6) is 0 Å². The quantitative estimate of drug-likeness (QED) is 0.680. The van der Waals surface area contributed by atoms with Crippen LogP contribution in [-0.2, 0) is 0 Å². The van der Waals surface area contributed by atoms with E-state index in [2.05, 4.69) is 0 Å². The number of likely N-dealkylation sites (tertiary alicyclic amines) is 1. The molecule has 1 unspecified atom stereocenters. The van der Waals surface area contributed by atoms with Crippen LogP contribution in [0.4, 0.5) is 5.69 Å². The molecule has 1 amide bonds. The van der Waals surface area contributed by atoms with Crippen molar-refractivity contribution in [2.45, 2.75) is 26.2 Å². The van der Waals surface area contributed by atoms with Crippen molar-refractivity contribution in [2.24, 2.45) is 5.92 Å². The zero-order valence-electron chi connectivity index (χ0n) is 12.1. The molecule has 0 saturated carbocycles. The summed E-state index contributed by atoms with van der Waals surface area (Å²) in [4.78, 5) is 24.6. The number of nitro groups is 1. The maximum atomic E-state index is 12.5. The van der Waals surface area contributed by atoms with Crippen molar-refractivity contribution in [2.75, 3.05) is 19.7 Å². The van der Waals surface area contributed by atoms with Crippen LogP contribution >= 0.6 is 0 Å². The molecule has 0 aliphatic carbocycles. The van der Waals surface area contributed by atoms with Gasteiger partial charge in [0.15, 0.2) is 0 Å². The number of benzene rings is 1. The first-order valence-electron chi connectivity index (χ1n) is 7.18. The Morgan fingerprint density at radius 2 is 2.29 bits per heavy atom. The summed E-state index contributed by atoms with van der Waals surface area (Å²) in [7, 11) is 0. The molecule has 1 heterocycles. The SMILES string of the molecule is Cc1cc(C(=O)N2CCCC(CCO)C2)ccc1[N+](=O)[O-]. The van der Waals surface area contributed by atoms with Gasteiger partial charge in [-0.15, -0.1) is 0 Å². The van der Waals surface area contributed by atoms with Crippen LogP contribution in [0.15, 0.2) is 18.2 Å². The second-order valence-corrected chi connectivity index (χ2v) is 5.53. The summed E-state index contributed by atoms with van der Waals surface area (Å²) in [5, 5.41) is 19.8. The van der Waals surface area contributed by atoms with E-state index in [0.717, 1.165) is 12.8 Å². The number of aliphatic hydroxyl groups is 1. The van der Waals surface area contributed by atoms with Gasteiger partial charge in [-0.3, -0.25) is 14.9 Å².